The molecule has 1 atom stereocenters. The molecule has 0 heterocycles. The van der Waals surface area contributed by atoms with Crippen molar-refractivity contribution in [3.63, 3.8) is 0 Å². The molecular weight excluding hydrogens is 282 g/mol. The van der Waals surface area contributed by atoms with Crippen LogP contribution in [0.2, 0.25) is 0 Å². The third kappa shape index (κ3) is 5.33. The van der Waals surface area contributed by atoms with E-state index in [0.717, 1.165) is 10.0 Å². The van der Waals surface area contributed by atoms with Gasteiger partial charge < -0.3 is 10.1 Å². The Bertz CT molecular complexity index is 362. The van der Waals surface area contributed by atoms with Gasteiger partial charge in [0, 0.05) is 10.5 Å². The molecule has 17 heavy (non-hydrogen) atoms. The van der Waals surface area contributed by atoms with Crippen LogP contribution in [0, 0.1) is 0 Å². The van der Waals surface area contributed by atoms with Gasteiger partial charge in [-0.2, -0.15) is 0 Å². The van der Waals surface area contributed by atoms with E-state index in [0.29, 0.717) is 0 Å². The molecule has 94 valence electrons. The summed E-state index contributed by atoms with van der Waals surface area (Å²) >= 11 is 3.39. The Kier molecular flexibility index (Phi) is 5.65. The lowest BCUT2D eigenvalue weighted by Gasteiger charge is -2.14. The zero-order valence-corrected chi connectivity index (χ0v) is 12.0. The van der Waals surface area contributed by atoms with Gasteiger partial charge >= 0.3 is 5.97 Å². The molecule has 0 saturated heterocycles. The van der Waals surface area contributed by atoms with E-state index in [-0.39, 0.29) is 24.7 Å². The van der Waals surface area contributed by atoms with E-state index < -0.39 is 0 Å². The molecule has 1 aromatic carbocycles. The van der Waals surface area contributed by atoms with Crippen LogP contribution in [0.15, 0.2) is 28.7 Å². The first-order valence-corrected chi connectivity index (χ1v) is 6.46. The molecule has 0 fully saturated rings. The molecule has 0 spiro atoms. The molecule has 0 aromatic heterocycles. The number of esters is 1. The molecule has 1 unspecified atom stereocenters. The molecule has 0 aliphatic carbocycles. The third-order valence-corrected chi connectivity index (χ3v) is 2.82. The maximum Gasteiger partial charge on any atom is 0.320 e. The van der Waals surface area contributed by atoms with Gasteiger partial charge in [-0.15, -0.1) is 0 Å². The van der Waals surface area contributed by atoms with Crippen LogP contribution in [0.25, 0.3) is 0 Å². The molecule has 0 saturated carbocycles. The molecule has 0 radical (unpaired) electrons. The van der Waals surface area contributed by atoms with Crippen molar-refractivity contribution in [2.45, 2.75) is 32.9 Å². The number of ether oxygens (including phenoxy) is 1. The summed E-state index contributed by atoms with van der Waals surface area (Å²) in [6, 6.07) is 8.15. The van der Waals surface area contributed by atoms with Gasteiger partial charge in [0.05, 0.1) is 12.6 Å². The number of halogens is 1. The quantitative estimate of drug-likeness (QED) is 0.849. The summed E-state index contributed by atoms with van der Waals surface area (Å²) in [6.45, 7) is 5.94. The zero-order chi connectivity index (χ0) is 12.8. The predicted octanol–water partition coefficient (Wildman–Crippen LogP) is 3.05. The number of carbonyl (C=O) groups is 1. The monoisotopic (exact) mass is 299 g/mol. The first kappa shape index (κ1) is 14.2. The maximum atomic E-state index is 11.4. The molecular formula is C13H18BrNO2. The Morgan fingerprint density at radius 1 is 1.29 bits per heavy atom. The molecule has 0 bridgehead atoms. The minimum absolute atomic E-state index is 0.0627. The number of rotatable bonds is 5. The van der Waals surface area contributed by atoms with E-state index in [1.807, 2.05) is 45.0 Å². The van der Waals surface area contributed by atoms with Crippen LogP contribution < -0.4 is 5.32 Å². The maximum absolute atomic E-state index is 11.4. The van der Waals surface area contributed by atoms with Gasteiger partial charge in [0.15, 0.2) is 0 Å². The van der Waals surface area contributed by atoms with Crippen LogP contribution in [0.5, 0.6) is 0 Å². The normalized spacial score (nSPS) is 12.5. The summed E-state index contributed by atoms with van der Waals surface area (Å²) in [7, 11) is 0. The third-order valence-electron chi connectivity index (χ3n) is 2.29. The van der Waals surface area contributed by atoms with Crippen LogP contribution in [-0.2, 0) is 9.53 Å². The first-order chi connectivity index (χ1) is 7.99. The van der Waals surface area contributed by atoms with E-state index in [4.69, 9.17) is 4.74 Å². The Balaban J connectivity index is 2.42. The van der Waals surface area contributed by atoms with E-state index in [9.17, 15) is 4.79 Å². The van der Waals surface area contributed by atoms with E-state index in [1.54, 1.807) is 0 Å². The predicted molar refractivity (Wildman–Crippen MR) is 71.8 cm³/mol. The highest BCUT2D eigenvalue weighted by Crippen LogP contribution is 2.16. The Morgan fingerprint density at radius 3 is 2.41 bits per heavy atom. The van der Waals surface area contributed by atoms with Crippen LogP contribution in [0.4, 0.5) is 0 Å². The molecule has 0 aliphatic rings. The topological polar surface area (TPSA) is 38.3 Å². The van der Waals surface area contributed by atoms with Crippen molar-refractivity contribution in [3.8, 4) is 0 Å². The highest BCUT2D eigenvalue weighted by molar-refractivity contribution is 9.10. The summed E-state index contributed by atoms with van der Waals surface area (Å²) in [5, 5.41) is 3.13. The van der Waals surface area contributed by atoms with Crippen LogP contribution in [0.1, 0.15) is 32.4 Å². The Morgan fingerprint density at radius 2 is 1.88 bits per heavy atom. The fraction of sp³-hybridized carbons (Fsp3) is 0.462. The zero-order valence-electron chi connectivity index (χ0n) is 10.4. The number of hydrogen-bond acceptors (Lipinski definition) is 3. The van der Waals surface area contributed by atoms with Gasteiger partial charge in [-0.1, -0.05) is 28.1 Å². The Hall–Kier alpha value is -0.870. The second-order valence-corrected chi connectivity index (χ2v) is 5.11. The molecule has 1 N–H and O–H groups in total. The van der Waals surface area contributed by atoms with Gasteiger partial charge in [-0.25, -0.2) is 0 Å². The molecule has 0 aliphatic heterocycles. The van der Waals surface area contributed by atoms with Gasteiger partial charge in [-0.3, -0.25) is 4.79 Å². The summed E-state index contributed by atoms with van der Waals surface area (Å²) in [5.41, 5.74) is 1.14. The summed E-state index contributed by atoms with van der Waals surface area (Å²) in [4.78, 5) is 11.4. The van der Waals surface area contributed by atoms with Gasteiger partial charge in [0.2, 0.25) is 0 Å². The van der Waals surface area contributed by atoms with E-state index in [2.05, 4.69) is 21.2 Å². The van der Waals surface area contributed by atoms with Crippen molar-refractivity contribution < 1.29 is 9.53 Å². The van der Waals surface area contributed by atoms with Gasteiger partial charge in [0.25, 0.3) is 0 Å². The minimum atomic E-state index is -0.219. The lowest BCUT2D eigenvalue weighted by molar-refractivity contribution is -0.146. The number of hydrogen-bond donors (Lipinski definition) is 1. The Labute approximate surface area is 111 Å². The highest BCUT2D eigenvalue weighted by Gasteiger charge is 2.09. The van der Waals surface area contributed by atoms with Gasteiger partial charge in [-0.05, 0) is 38.5 Å². The molecule has 0 amide bonds. The lowest BCUT2D eigenvalue weighted by Crippen LogP contribution is -2.28. The second kappa shape index (κ2) is 6.77. The van der Waals surface area contributed by atoms with E-state index in [1.165, 1.54) is 0 Å². The van der Waals surface area contributed by atoms with Crippen LogP contribution in [-0.4, -0.2) is 18.6 Å². The van der Waals surface area contributed by atoms with Crippen molar-refractivity contribution in [2.75, 3.05) is 6.54 Å². The average Bonchev–Trinajstić information content (AvgIpc) is 2.26. The first-order valence-electron chi connectivity index (χ1n) is 5.67. The smallest absolute Gasteiger partial charge is 0.320 e. The summed E-state index contributed by atoms with van der Waals surface area (Å²) in [6.07, 6.45) is -0.0627. The average molecular weight is 300 g/mol. The number of carbonyl (C=O) groups excluding carboxylic acids is 1. The standard InChI is InChI=1S/C13H18BrNO2/c1-9(2)17-13(16)8-15-10(3)11-4-6-12(14)7-5-11/h4-7,9-10,15H,8H2,1-3H3. The summed E-state index contributed by atoms with van der Waals surface area (Å²) < 4.78 is 6.10. The summed E-state index contributed by atoms with van der Waals surface area (Å²) in [5.74, 6) is -0.219. The fourth-order valence-corrected chi connectivity index (χ4v) is 1.67. The molecule has 1 rings (SSSR count). The number of nitrogens with one attached hydrogen (secondary N) is 1. The van der Waals surface area contributed by atoms with Crippen molar-refractivity contribution in [1.82, 2.24) is 5.32 Å². The SMILES string of the molecule is CC(C)OC(=O)CNC(C)c1ccc(Br)cc1. The van der Waals surface area contributed by atoms with Crippen LogP contribution in [0.3, 0.4) is 0 Å². The molecule has 4 heteroatoms. The second-order valence-electron chi connectivity index (χ2n) is 4.19. The molecule has 1 aromatic rings. The van der Waals surface area contributed by atoms with Gasteiger partial charge in [0.1, 0.15) is 0 Å². The largest absolute Gasteiger partial charge is 0.462 e. The molecule has 3 nitrogen and oxygen atoms in total. The lowest BCUT2D eigenvalue weighted by atomic mass is 10.1. The van der Waals surface area contributed by atoms with Crippen molar-refractivity contribution in [3.05, 3.63) is 34.3 Å². The van der Waals surface area contributed by atoms with Crippen LogP contribution >= 0.6 is 15.9 Å². The van der Waals surface area contributed by atoms with Crippen molar-refractivity contribution in [2.24, 2.45) is 0 Å². The number of benzene rings is 1. The highest BCUT2D eigenvalue weighted by atomic mass is 79.9. The fourth-order valence-electron chi connectivity index (χ4n) is 1.41. The van der Waals surface area contributed by atoms with Crippen molar-refractivity contribution >= 4 is 21.9 Å². The van der Waals surface area contributed by atoms with Crippen molar-refractivity contribution in [1.29, 1.82) is 0 Å². The van der Waals surface area contributed by atoms with E-state index >= 15 is 0 Å². The minimum Gasteiger partial charge on any atom is -0.462 e.